The zero-order valence-corrected chi connectivity index (χ0v) is 14.4. The van der Waals surface area contributed by atoms with Crippen molar-refractivity contribution >= 4 is 23.0 Å². The molecule has 0 saturated carbocycles. The Morgan fingerprint density at radius 2 is 1.71 bits per heavy atom. The molecular formula is C17H27N3S. The number of likely N-dealkylation sites (tertiary alicyclic amines) is 1. The van der Waals surface area contributed by atoms with Crippen molar-refractivity contribution in [2.45, 2.75) is 52.6 Å². The summed E-state index contributed by atoms with van der Waals surface area (Å²) >= 11 is 5.45. The van der Waals surface area contributed by atoms with Gasteiger partial charge in [-0.1, -0.05) is 6.07 Å². The van der Waals surface area contributed by atoms with Gasteiger partial charge in [0.1, 0.15) is 0 Å². The van der Waals surface area contributed by atoms with Gasteiger partial charge in [-0.05, 0) is 76.0 Å². The first-order valence-corrected chi connectivity index (χ1v) is 8.24. The van der Waals surface area contributed by atoms with Crippen molar-refractivity contribution in [3.05, 3.63) is 29.3 Å². The zero-order valence-electron chi connectivity index (χ0n) is 13.6. The first kappa shape index (κ1) is 16.2. The summed E-state index contributed by atoms with van der Waals surface area (Å²) in [5, 5.41) is 7.51. The topological polar surface area (TPSA) is 27.3 Å². The maximum absolute atomic E-state index is 5.45. The maximum Gasteiger partial charge on any atom is 0.170 e. The lowest BCUT2D eigenvalue weighted by molar-refractivity contribution is 0.168. The van der Waals surface area contributed by atoms with Crippen molar-refractivity contribution in [2.75, 3.05) is 18.4 Å². The van der Waals surface area contributed by atoms with Crippen molar-refractivity contribution in [1.29, 1.82) is 0 Å². The fourth-order valence-corrected chi connectivity index (χ4v) is 3.24. The molecule has 21 heavy (non-hydrogen) atoms. The normalized spacial score (nSPS) is 17.0. The predicted molar refractivity (Wildman–Crippen MR) is 95.0 cm³/mol. The van der Waals surface area contributed by atoms with Crippen LogP contribution >= 0.6 is 12.2 Å². The lowest BCUT2D eigenvalue weighted by Gasteiger charge is -2.35. The summed E-state index contributed by atoms with van der Waals surface area (Å²) in [7, 11) is 0. The van der Waals surface area contributed by atoms with Gasteiger partial charge in [-0.25, -0.2) is 0 Å². The number of nitrogens with zero attached hydrogens (tertiary/aromatic N) is 1. The van der Waals surface area contributed by atoms with Crippen molar-refractivity contribution in [3.63, 3.8) is 0 Å². The van der Waals surface area contributed by atoms with E-state index in [1.165, 1.54) is 11.1 Å². The second kappa shape index (κ2) is 7.23. The van der Waals surface area contributed by atoms with Crippen molar-refractivity contribution in [1.82, 2.24) is 10.2 Å². The molecule has 4 heteroatoms. The molecular weight excluding hydrogens is 278 g/mol. The largest absolute Gasteiger partial charge is 0.360 e. The van der Waals surface area contributed by atoms with E-state index < -0.39 is 0 Å². The van der Waals surface area contributed by atoms with E-state index in [1.807, 2.05) is 0 Å². The summed E-state index contributed by atoms with van der Waals surface area (Å²) in [6.07, 6.45) is 2.32. The smallest absolute Gasteiger partial charge is 0.170 e. The Balaban J connectivity index is 1.82. The van der Waals surface area contributed by atoms with E-state index in [0.717, 1.165) is 36.7 Å². The molecule has 0 atom stereocenters. The lowest BCUT2D eigenvalue weighted by Crippen LogP contribution is -2.47. The first-order chi connectivity index (χ1) is 9.94. The Bertz CT molecular complexity index is 471. The summed E-state index contributed by atoms with van der Waals surface area (Å²) in [6.45, 7) is 11.1. The molecule has 116 valence electrons. The molecule has 1 aliphatic heterocycles. The lowest BCUT2D eigenvalue weighted by atomic mass is 10.0. The van der Waals surface area contributed by atoms with E-state index in [4.69, 9.17) is 12.2 Å². The molecule has 0 amide bonds. The highest BCUT2D eigenvalue weighted by Crippen LogP contribution is 2.15. The summed E-state index contributed by atoms with van der Waals surface area (Å²) < 4.78 is 0. The van der Waals surface area contributed by atoms with E-state index in [9.17, 15) is 0 Å². The van der Waals surface area contributed by atoms with Crippen LogP contribution in [-0.4, -0.2) is 35.2 Å². The molecule has 0 aromatic heterocycles. The van der Waals surface area contributed by atoms with Crippen molar-refractivity contribution in [3.8, 4) is 0 Å². The number of anilines is 1. The minimum atomic E-state index is 0.492. The van der Waals surface area contributed by atoms with E-state index in [-0.39, 0.29) is 0 Å². The molecule has 1 fully saturated rings. The number of aryl methyl sites for hydroxylation is 2. The first-order valence-electron chi connectivity index (χ1n) is 7.84. The molecule has 2 rings (SSSR count). The third kappa shape index (κ3) is 4.97. The molecule has 1 saturated heterocycles. The van der Waals surface area contributed by atoms with Crippen LogP contribution in [-0.2, 0) is 0 Å². The van der Waals surface area contributed by atoms with Gasteiger partial charge in [0.05, 0.1) is 0 Å². The van der Waals surface area contributed by atoms with E-state index in [2.05, 4.69) is 61.4 Å². The van der Waals surface area contributed by atoms with Crippen LogP contribution in [0.15, 0.2) is 18.2 Å². The van der Waals surface area contributed by atoms with E-state index in [1.54, 1.807) is 0 Å². The molecule has 0 radical (unpaired) electrons. The van der Waals surface area contributed by atoms with Crippen LogP contribution in [0.1, 0.15) is 37.8 Å². The monoisotopic (exact) mass is 305 g/mol. The summed E-state index contributed by atoms with van der Waals surface area (Å²) in [4.78, 5) is 2.53. The number of thiocarbonyl (C=S) groups is 1. The minimum Gasteiger partial charge on any atom is -0.360 e. The predicted octanol–water partition coefficient (Wildman–Crippen LogP) is 3.46. The molecule has 1 aromatic rings. The quantitative estimate of drug-likeness (QED) is 0.836. The Morgan fingerprint density at radius 1 is 1.14 bits per heavy atom. The van der Waals surface area contributed by atoms with Crippen LogP contribution in [0.5, 0.6) is 0 Å². The van der Waals surface area contributed by atoms with Gasteiger partial charge < -0.3 is 15.5 Å². The summed E-state index contributed by atoms with van der Waals surface area (Å²) in [6, 6.07) is 7.56. The highest BCUT2D eigenvalue weighted by molar-refractivity contribution is 7.80. The van der Waals surface area contributed by atoms with Gasteiger partial charge in [0.2, 0.25) is 0 Å². The van der Waals surface area contributed by atoms with Crippen LogP contribution in [0.4, 0.5) is 5.69 Å². The molecule has 1 aliphatic rings. The number of piperidine rings is 1. The molecule has 2 N–H and O–H groups in total. The Hall–Kier alpha value is -1.13. The van der Waals surface area contributed by atoms with Crippen LogP contribution in [0.3, 0.4) is 0 Å². The minimum absolute atomic E-state index is 0.492. The molecule has 0 aliphatic carbocycles. The van der Waals surface area contributed by atoms with Crippen molar-refractivity contribution < 1.29 is 0 Å². The Morgan fingerprint density at radius 3 is 2.24 bits per heavy atom. The average Bonchev–Trinajstić information content (AvgIpc) is 2.37. The third-order valence-electron chi connectivity index (χ3n) is 4.07. The fraction of sp³-hybridized carbons (Fsp3) is 0.588. The third-order valence-corrected chi connectivity index (χ3v) is 4.29. The number of benzene rings is 1. The van der Waals surface area contributed by atoms with Gasteiger partial charge in [-0.2, -0.15) is 0 Å². The molecule has 0 bridgehead atoms. The number of rotatable bonds is 3. The van der Waals surface area contributed by atoms with Gasteiger partial charge in [-0.15, -0.1) is 0 Å². The highest BCUT2D eigenvalue weighted by atomic mass is 32.1. The second-order valence-electron chi connectivity index (χ2n) is 6.38. The molecule has 0 unspecified atom stereocenters. The van der Waals surface area contributed by atoms with Gasteiger partial charge in [0.15, 0.2) is 5.11 Å². The maximum atomic E-state index is 5.45. The van der Waals surface area contributed by atoms with Gasteiger partial charge in [-0.3, -0.25) is 0 Å². The Kier molecular flexibility index (Phi) is 5.59. The second-order valence-corrected chi connectivity index (χ2v) is 6.79. The summed E-state index contributed by atoms with van der Waals surface area (Å²) in [5.41, 5.74) is 3.58. The Labute approximate surface area is 134 Å². The molecule has 1 aromatic carbocycles. The fourth-order valence-electron chi connectivity index (χ4n) is 2.96. The van der Waals surface area contributed by atoms with Gasteiger partial charge in [0, 0.05) is 30.9 Å². The summed E-state index contributed by atoms with van der Waals surface area (Å²) in [5.74, 6) is 0. The van der Waals surface area contributed by atoms with E-state index in [0.29, 0.717) is 12.1 Å². The van der Waals surface area contributed by atoms with Crippen LogP contribution in [0, 0.1) is 13.8 Å². The van der Waals surface area contributed by atoms with E-state index >= 15 is 0 Å². The van der Waals surface area contributed by atoms with Crippen molar-refractivity contribution in [2.24, 2.45) is 0 Å². The highest BCUT2D eigenvalue weighted by Gasteiger charge is 2.21. The molecule has 0 spiro atoms. The SMILES string of the molecule is Cc1cc(C)cc(NC(=S)NC2CCN(C(C)C)CC2)c1. The van der Waals surface area contributed by atoms with Gasteiger partial charge in [0.25, 0.3) is 0 Å². The molecule has 3 nitrogen and oxygen atoms in total. The average molecular weight is 305 g/mol. The zero-order chi connectivity index (χ0) is 15.4. The number of hydrogen-bond donors (Lipinski definition) is 2. The van der Waals surface area contributed by atoms with Crippen LogP contribution in [0.2, 0.25) is 0 Å². The molecule has 1 heterocycles. The number of nitrogens with one attached hydrogen (secondary N) is 2. The van der Waals surface area contributed by atoms with Crippen LogP contribution < -0.4 is 10.6 Å². The van der Waals surface area contributed by atoms with Gasteiger partial charge >= 0.3 is 0 Å². The van der Waals surface area contributed by atoms with Crippen LogP contribution in [0.25, 0.3) is 0 Å². The standard InChI is InChI=1S/C17H27N3S/c1-12(2)20-7-5-15(6-8-20)18-17(21)19-16-10-13(3)9-14(4)11-16/h9-12,15H,5-8H2,1-4H3,(H2,18,19,21). The number of hydrogen-bond acceptors (Lipinski definition) is 2.